The topological polar surface area (TPSA) is 90.3 Å². The predicted octanol–water partition coefficient (Wildman–Crippen LogP) is 3.98. The van der Waals surface area contributed by atoms with E-state index in [0.29, 0.717) is 16.8 Å². The smallest absolute Gasteiger partial charge is 0.387 e. The molecule has 0 atom stereocenters. The van der Waals surface area contributed by atoms with Gasteiger partial charge in [-0.05, 0) is 49.6 Å². The lowest BCUT2D eigenvalue weighted by atomic mass is 9.97. The van der Waals surface area contributed by atoms with Gasteiger partial charge in [-0.25, -0.2) is 13.1 Å². The maximum Gasteiger partial charge on any atom is 0.387 e. The molecule has 1 N–H and O–H groups in total. The number of halogens is 2. The standard InChI is InChI=1S/C23H25F2N3O4S/c1-13(2)20-19-14(3)17(21(29)26-23(4)11-33(30,31)12-23)8-9-18(19)28(27-20)15-6-5-7-16(10-15)32-22(24)25/h5-10,13,22H,11-12H2,1-4H3,(H,26,29). The maximum absolute atomic E-state index is 13.0. The van der Waals surface area contributed by atoms with Crippen molar-refractivity contribution in [2.24, 2.45) is 0 Å². The molecule has 0 radical (unpaired) electrons. The highest BCUT2D eigenvalue weighted by Gasteiger charge is 2.46. The van der Waals surface area contributed by atoms with Gasteiger partial charge in [0.15, 0.2) is 9.84 Å². The van der Waals surface area contributed by atoms with Crippen LogP contribution >= 0.6 is 0 Å². The number of aromatic nitrogens is 2. The molecule has 3 aromatic rings. The van der Waals surface area contributed by atoms with Crippen molar-refractivity contribution in [2.75, 3.05) is 11.5 Å². The quantitative estimate of drug-likeness (QED) is 0.580. The van der Waals surface area contributed by atoms with Crippen LogP contribution in [0.25, 0.3) is 16.6 Å². The Morgan fingerprint density at radius 3 is 2.52 bits per heavy atom. The number of nitrogens with zero attached hydrogens (tertiary/aromatic N) is 2. The molecule has 1 saturated heterocycles. The molecule has 0 aliphatic carbocycles. The minimum atomic E-state index is -3.10. The summed E-state index contributed by atoms with van der Waals surface area (Å²) in [4.78, 5) is 13.0. The molecule has 1 amide bonds. The number of sulfone groups is 1. The summed E-state index contributed by atoms with van der Waals surface area (Å²) in [6.07, 6.45) is 0. The van der Waals surface area contributed by atoms with Crippen molar-refractivity contribution in [2.45, 2.75) is 45.8 Å². The number of fused-ring (bicyclic) bond motifs is 1. The third-order valence-corrected chi connectivity index (χ3v) is 7.86. The average Bonchev–Trinajstić information content (AvgIpc) is 3.07. The van der Waals surface area contributed by atoms with Crippen molar-refractivity contribution in [3.8, 4) is 11.4 Å². The molecule has 0 saturated carbocycles. The molecule has 1 aromatic heterocycles. The zero-order valence-corrected chi connectivity index (χ0v) is 19.5. The maximum atomic E-state index is 13.0. The molecule has 176 valence electrons. The molecule has 1 aliphatic rings. The second kappa shape index (κ2) is 8.09. The molecule has 2 aromatic carbocycles. The summed E-state index contributed by atoms with van der Waals surface area (Å²) in [5, 5.41) is 8.37. The summed E-state index contributed by atoms with van der Waals surface area (Å²) >= 11 is 0. The minimum absolute atomic E-state index is 0.0219. The largest absolute Gasteiger partial charge is 0.435 e. The van der Waals surface area contributed by atoms with Gasteiger partial charge in [-0.1, -0.05) is 19.9 Å². The number of ether oxygens (including phenoxy) is 1. The van der Waals surface area contributed by atoms with Crippen molar-refractivity contribution in [1.29, 1.82) is 0 Å². The van der Waals surface area contributed by atoms with Gasteiger partial charge < -0.3 is 10.1 Å². The fourth-order valence-corrected chi connectivity index (χ4v) is 6.39. The molecule has 33 heavy (non-hydrogen) atoms. The Balaban J connectivity index is 1.77. The lowest BCUT2D eigenvalue weighted by molar-refractivity contribution is -0.0498. The zero-order valence-electron chi connectivity index (χ0n) is 18.7. The van der Waals surface area contributed by atoms with Crippen LogP contribution in [0.3, 0.4) is 0 Å². The summed E-state index contributed by atoms with van der Waals surface area (Å²) in [7, 11) is -3.10. The van der Waals surface area contributed by atoms with Gasteiger partial charge in [-0.15, -0.1) is 0 Å². The van der Waals surface area contributed by atoms with Crippen LogP contribution in [0.4, 0.5) is 8.78 Å². The van der Waals surface area contributed by atoms with E-state index in [0.717, 1.165) is 16.6 Å². The molecule has 0 bridgehead atoms. The SMILES string of the molecule is Cc1c(C(=O)NC2(C)CS(=O)(=O)C2)ccc2c1c(C(C)C)nn2-c1cccc(OC(F)F)c1. The number of amides is 1. The van der Waals surface area contributed by atoms with E-state index < -0.39 is 22.0 Å². The highest BCUT2D eigenvalue weighted by atomic mass is 32.2. The van der Waals surface area contributed by atoms with Crippen LogP contribution in [-0.2, 0) is 9.84 Å². The van der Waals surface area contributed by atoms with E-state index in [1.807, 2.05) is 20.8 Å². The number of carbonyl (C=O) groups excluding carboxylic acids is 1. The number of benzene rings is 2. The van der Waals surface area contributed by atoms with Crippen LogP contribution < -0.4 is 10.1 Å². The third-order valence-electron chi connectivity index (χ3n) is 5.71. The number of hydrogen-bond donors (Lipinski definition) is 1. The lowest BCUT2D eigenvalue weighted by Gasteiger charge is -2.38. The molecular formula is C23H25F2N3O4S. The number of aryl methyl sites for hydroxylation is 1. The number of nitrogens with one attached hydrogen (secondary N) is 1. The summed E-state index contributed by atoms with van der Waals surface area (Å²) in [5.74, 6) is -0.464. The normalized spacial score (nSPS) is 16.7. The molecule has 4 rings (SSSR count). The van der Waals surface area contributed by atoms with E-state index in [9.17, 15) is 22.0 Å². The number of carbonyl (C=O) groups is 1. The Morgan fingerprint density at radius 2 is 1.91 bits per heavy atom. The first-order chi connectivity index (χ1) is 15.4. The molecule has 2 heterocycles. The average molecular weight is 478 g/mol. The van der Waals surface area contributed by atoms with E-state index in [2.05, 4.69) is 10.1 Å². The second-order valence-electron chi connectivity index (χ2n) is 9.01. The summed E-state index contributed by atoms with van der Waals surface area (Å²) in [6, 6.07) is 9.71. The molecule has 0 spiro atoms. The van der Waals surface area contributed by atoms with Crippen molar-refractivity contribution in [1.82, 2.24) is 15.1 Å². The van der Waals surface area contributed by atoms with E-state index >= 15 is 0 Å². The van der Waals surface area contributed by atoms with Crippen LogP contribution in [0.5, 0.6) is 5.75 Å². The fourth-order valence-electron chi connectivity index (χ4n) is 4.39. The molecule has 1 fully saturated rings. The summed E-state index contributed by atoms with van der Waals surface area (Å²) < 4.78 is 54.7. The Morgan fingerprint density at radius 1 is 1.21 bits per heavy atom. The predicted molar refractivity (Wildman–Crippen MR) is 121 cm³/mol. The highest BCUT2D eigenvalue weighted by molar-refractivity contribution is 7.93. The van der Waals surface area contributed by atoms with Crippen molar-refractivity contribution < 1.29 is 26.7 Å². The minimum Gasteiger partial charge on any atom is -0.435 e. The van der Waals surface area contributed by atoms with E-state index in [1.165, 1.54) is 12.1 Å². The van der Waals surface area contributed by atoms with Gasteiger partial charge in [0.1, 0.15) is 5.75 Å². The van der Waals surface area contributed by atoms with Crippen LogP contribution in [0, 0.1) is 6.92 Å². The van der Waals surface area contributed by atoms with Crippen LogP contribution in [0.1, 0.15) is 48.3 Å². The Kier molecular flexibility index (Phi) is 5.68. The molecular weight excluding hydrogens is 452 g/mol. The van der Waals surface area contributed by atoms with Crippen LogP contribution in [-0.4, -0.2) is 47.8 Å². The molecule has 0 unspecified atom stereocenters. The van der Waals surface area contributed by atoms with Crippen molar-refractivity contribution in [3.63, 3.8) is 0 Å². The van der Waals surface area contributed by atoms with Gasteiger partial charge >= 0.3 is 6.61 Å². The molecule has 7 nitrogen and oxygen atoms in total. The monoisotopic (exact) mass is 477 g/mol. The Labute approximate surface area is 190 Å². The zero-order chi connectivity index (χ0) is 24.1. The first-order valence-corrected chi connectivity index (χ1v) is 12.3. The number of alkyl halides is 2. The number of rotatable bonds is 6. The molecule has 10 heteroatoms. The first-order valence-electron chi connectivity index (χ1n) is 10.5. The molecule has 1 aliphatic heterocycles. The second-order valence-corrected chi connectivity index (χ2v) is 11.1. The fraction of sp³-hybridized carbons (Fsp3) is 0.391. The van der Waals surface area contributed by atoms with Crippen LogP contribution in [0.15, 0.2) is 36.4 Å². The van der Waals surface area contributed by atoms with Gasteiger partial charge in [0.2, 0.25) is 0 Å². The highest BCUT2D eigenvalue weighted by Crippen LogP contribution is 2.33. The van der Waals surface area contributed by atoms with E-state index in [-0.39, 0.29) is 29.1 Å². The first kappa shape index (κ1) is 23.2. The van der Waals surface area contributed by atoms with Crippen molar-refractivity contribution >= 4 is 26.6 Å². The van der Waals surface area contributed by atoms with Crippen molar-refractivity contribution in [3.05, 3.63) is 53.2 Å². The summed E-state index contributed by atoms with van der Waals surface area (Å²) in [6.45, 7) is 4.57. The van der Waals surface area contributed by atoms with Gasteiger partial charge in [0, 0.05) is 17.0 Å². The lowest BCUT2D eigenvalue weighted by Crippen LogP contribution is -2.63. The summed E-state index contributed by atoms with van der Waals surface area (Å²) in [5.41, 5.74) is 2.39. The van der Waals surface area contributed by atoms with Gasteiger partial charge in [-0.3, -0.25) is 4.79 Å². The van der Waals surface area contributed by atoms with Crippen LogP contribution in [0.2, 0.25) is 0 Å². The van der Waals surface area contributed by atoms with E-state index in [1.54, 1.807) is 35.9 Å². The van der Waals surface area contributed by atoms with Gasteiger partial charge in [0.05, 0.1) is 33.9 Å². The van der Waals surface area contributed by atoms with Gasteiger partial charge in [-0.2, -0.15) is 13.9 Å². The Bertz CT molecular complexity index is 1340. The van der Waals surface area contributed by atoms with Gasteiger partial charge in [0.25, 0.3) is 5.91 Å². The van der Waals surface area contributed by atoms with E-state index in [4.69, 9.17) is 5.10 Å². The Hall–Kier alpha value is -3.01. The number of hydrogen-bond acceptors (Lipinski definition) is 5. The third kappa shape index (κ3) is 4.44.